The highest BCUT2D eigenvalue weighted by molar-refractivity contribution is 5.89. The van der Waals surface area contributed by atoms with Crippen LogP contribution in [0.2, 0.25) is 0 Å². The van der Waals surface area contributed by atoms with Crippen molar-refractivity contribution in [3.63, 3.8) is 0 Å². The number of benzene rings is 1. The van der Waals surface area contributed by atoms with Crippen LogP contribution >= 0.6 is 0 Å². The van der Waals surface area contributed by atoms with Gasteiger partial charge in [-0.15, -0.1) is 0 Å². The predicted molar refractivity (Wildman–Crippen MR) is 77.0 cm³/mol. The summed E-state index contributed by atoms with van der Waals surface area (Å²) in [4.78, 5) is 9.26. The van der Waals surface area contributed by atoms with Gasteiger partial charge in [-0.1, -0.05) is 39.3 Å². The van der Waals surface area contributed by atoms with Crippen LogP contribution in [0.3, 0.4) is 0 Å². The van der Waals surface area contributed by atoms with Gasteiger partial charge in [-0.25, -0.2) is 9.97 Å². The van der Waals surface area contributed by atoms with Gasteiger partial charge in [-0.05, 0) is 18.6 Å². The summed E-state index contributed by atoms with van der Waals surface area (Å²) in [6.07, 6.45) is 2.35. The molecule has 3 heteroatoms. The summed E-state index contributed by atoms with van der Waals surface area (Å²) in [6, 6.07) is 8.18. The maximum Gasteiger partial charge on any atom is 0.137 e. The van der Waals surface area contributed by atoms with E-state index in [4.69, 9.17) is 0 Å². The molecule has 3 nitrogen and oxygen atoms in total. The van der Waals surface area contributed by atoms with E-state index in [0.29, 0.717) is 5.92 Å². The van der Waals surface area contributed by atoms with Crippen LogP contribution in [0.5, 0.6) is 0 Å². The number of hydrogen-bond donors (Lipinski definition) is 1. The van der Waals surface area contributed by atoms with Crippen molar-refractivity contribution in [3.8, 4) is 0 Å². The Bertz CT molecular complexity index is 520. The first kappa shape index (κ1) is 12.8. The third-order valence-electron chi connectivity index (χ3n) is 2.96. The van der Waals surface area contributed by atoms with Crippen molar-refractivity contribution in [1.82, 2.24) is 9.97 Å². The molecule has 0 spiro atoms. The molecule has 0 aliphatic carbocycles. The molecule has 0 aliphatic heterocycles. The van der Waals surface area contributed by atoms with Crippen molar-refractivity contribution >= 4 is 16.7 Å². The van der Waals surface area contributed by atoms with Crippen LogP contribution in [0.1, 0.15) is 45.4 Å². The molecule has 1 N–H and O–H groups in total. The van der Waals surface area contributed by atoms with Crippen molar-refractivity contribution in [1.29, 1.82) is 0 Å². The summed E-state index contributed by atoms with van der Waals surface area (Å²) in [7, 11) is 0. The lowest BCUT2D eigenvalue weighted by atomic mass is 10.1. The van der Waals surface area contributed by atoms with Gasteiger partial charge in [-0.2, -0.15) is 0 Å². The van der Waals surface area contributed by atoms with E-state index in [-0.39, 0.29) is 0 Å². The first-order chi connectivity index (χ1) is 8.72. The minimum absolute atomic E-state index is 0.348. The maximum absolute atomic E-state index is 4.65. The fourth-order valence-corrected chi connectivity index (χ4v) is 1.87. The molecule has 18 heavy (non-hydrogen) atoms. The topological polar surface area (TPSA) is 37.8 Å². The van der Waals surface area contributed by atoms with Crippen LogP contribution < -0.4 is 5.32 Å². The van der Waals surface area contributed by atoms with E-state index in [1.807, 2.05) is 18.2 Å². The molecular formula is C15H21N3. The molecule has 0 amide bonds. The maximum atomic E-state index is 4.65. The summed E-state index contributed by atoms with van der Waals surface area (Å²) in [5, 5.41) is 4.54. The van der Waals surface area contributed by atoms with Gasteiger partial charge in [0.2, 0.25) is 0 Å². The van der Waals surface area contributed by atoms with E-state index < -0.39 is 0 Å². The number of fused-ring (bicyclic) bond motifs is 1. The van der Waals surface area contributed by atoms with Crippen LogP contribution in [0.25, 0.3) is 10.9 Å². The number of nitrogens with one attached hydrogen (secondary N) is 1. The van der Waals surface area contributed by atoms with Gasteiger partial charge in [0.25, 0.3) is 0 Å². The monoisotopic (exact) mass is 243 g/mol. The molecular weight excluding hydrogens is 222 g/mol. The van der Waals surface area contributed by atoms with Crippen LogP contribution in [0.15, 0.2) is 24.3 Å². The second-order valence-electron chi connectivity index (χ2n) is 4.88. The zero-order chi connectivity index (χ0) is 13.0. The van der Waals surface area contributed by atoms with Crippen molar-refractivity contribution in [2.45, 2.75) is 39.5 Å². The molecule has 2 aromatic rings. The number of aromatic nitrogens is 2. The van der Waals surface area contributed by atoms with Crippen LogP contribution in [-0.4, -0.2) is 16.5 Å². The van der Waals surface area contributed by atoms with E-state index in [0.717, 1.165) is 35.5 Å². The fraction of sp³-hybridized carbons (Fsp3) is 0.467. The van der Waals surface area contributed by atoms with Crippen molar-refractivity contribution in [2.24, 2.45) is 0 Å². The molecule has 0 saturated heterocycles. The normalized spacial score (nSPS) is 11.1. The molecule has 1 aromatic heterocycles. The Balaban J connectivity index is 2.40. The van der Waals surface area contributed by atoms with Crippen LogP contribution in [-0.2, 0) is 0 Å². The van der Waals surface area contributed by atoms with Gasteiger partial charge in [-0.3, -0.25) is 0 Å². The first-order valence-corrected chi connectivity index (χ1v) is 6.73. The van der Waals surface area contributed by atoms with E-state index in [2.05, 4.69) is 42.1 Å². The van der Waals surface area contributed by atoms with E-state index in [9.17, 15) is 0 Å². The number of anilines is 1. The Morgan fingerprint density at radius 3 is 2.67 bits per heavy atom. The number of rotatable bonds is 5. The highest BCUT2D eigenvalue weighted by Gasteiger charge is 2.09. The largest absolute Gasteiger partial charge is 0.369 e. The Kier molecular flexibility index (Phi) is 4.13. The standard InChI is InChI=1S/C15H21N3/c1-4-5-10-16-15-12-8-6-7-9-13(12)17-14(18-15)11(2)3/h6-9,11H,4-5,10H2,1-3H3,(H,16,17,18). The van der Waals surface area contributed by atoms with Crippen molar-refractivity contribution in [2.75, 3.05) is 11.9 Å². The Morgan fingerprint density at radius 2 is 1.94 bits per heavy atom. The summed E-state index contributed by atoms with van der Waals surface area (Å²) in [5.74, 6) is 2.23. The SMILES string of the molecule is CCCCNc1nc(C(C)C)nc2ccccc12. The van der Waals surface area contributed by atoms with Gasteiger partial charge in [0.15, 0.2) is 0 Å². The molecule has 0 saturated carbocycles. The Morgan fingerprint density at radius 1 is 1.17 bits per heavy atom. The third kappa shape index (κ3) is 2.78. The zero-order valence-corrected chi connectivity index (χ0v) is 11.4. The van der Waals surface area contributed by atoms with Gasteiger partial charge in [0.05, 0.1) is 5.52 Å². The smallest absolute Gasteiger partial charge is 0.137 e. The molecule has 0 aliphatic rings. The average molecular weight is 243 g/mol. The highest BCUT2D eigenvalue weighted by atomic mass is 15.0. The molecule has 96 valence electrons. The lowest BCUT2D eigenvalue weighted by Crippen LogP contribution is -2.07. The van der Waals surface area contributed by atoms with Gasteiger partial charge in [0, 0.05) is 17.8 Å². The lowest BCUT2D eigenvalue weighted by molar-refractivity contribution is 0.779. The molecule has 1 aromatic carbocycles. The number of nitrogens with zero attached hydrogens (tertiary/aromatic N) is 2. The van der Waals surface area contributed by atoms with Gasteiger partial charge >= 0.3 is 0 Å². The molecule has 2 rings (SSSR count). The minimum atomic E-state index is 0.348. The molecule has 1 heterocycles. The minimum Gasteiger partial charge on any atom is -0.369 e. The Hall–Kier alpha value is -1.64. The molecule has 0 fully saturated rings. The summed E-state index contributed by atoms with van der Waals surface area (Å²) >= 11 is 0. The van der Waals surface area contributed by atoms with Crippen molar-refractivity contribution in [3.05, 3.63) is 30.1 Å². The first-order valence-electron chi connectivity index (χ1n) is 6.73. The number of unbranched alkanes of at least 4 members (excludes halogenated alkanes) is 1. The number of hydrogen-bond acceptors (Lipinski definition) is 3. The number of para-hydroxylation sites is 1. The molecule has 0 atom stereocenters. The average Bonchev–Trinajstić information content (AvgIpc) is 2.38. The van der Waals surface area contributed by atoms with E-state index in [1.54, 1.807) is 0 Å². The second kappa shape index (κ2) is 5.80. The predicted octanol–water partition coefficient (Wildman–Crippen LogP) is 3.97. The van der Waals surface area contributed by atoms with Crippen LogP contribution in [0.4, 0.5) is 5.82 Å². The lowest BCUT2D eigenvalue weighted by Gasteiger charge is -2.12. The molecule has 0 bridgehead atoms. The summed E-state index contributed by atoms with van der Waals surface area (Å²) < 4.78 is 0. The summed E-state index contributed by atoms with van der Waals surface area (Å²) in [5.41, 5.74) is 1.02. The van der Waals surface area contributed by atoms with Gasteiger partial charge < -0.3 is 5.32 Å². The van der Waals surface area contributed by atoms with Gasteiger partial charge in [0.1, 0.15) is 11.6 Å². The molecule has 0 unspecified atom stereocenters. The van der Waals surface area contributed by atoms with E-state index >= 15 is 0 Å². The fourth-order valence-electron chi connectivity index (χ4n) is 1.87. The quantitative estimate of drug-likeness (QED) is 0.807. The van der Waals surface area contributed by atoms with Crippen LogP contribution in [0, 0.1) is 0 Å². The third-order valence-corrected chi connectivity index (χ3v) is 2.96. The molecule has 0 radical (unpaired) electrons. The van der Waals surface area contributed by atoms with Crippen molar-refractivity contribution < 1.29 is 0 Å². The summed E-state index contributed by atoms with van der Waals surface area (Å²) in [6.45, 7) is 7.41. The highest BCUT2D eigenvalue weighted by Crippen LogP contribution is 2.22. The Labute approximate surface area is 109 Å². The second-order valence-corrected chi connectivity index (χ2v) is 4.88. The van der Waals surface area contributed by atoms with E-state index in [1.165, 1.54) is 6.42 Å². The zero-order valence-electron chi connectivity index (χ0n) is 11.4.